The molecule has 0 aliphatic carbocycles. The molecule has 0 spiro atoms. The maximum absolute atomic E-state index is 13.0. The van der Waals surface area contributed by atoms with Crippen LogP contribution >= 0.6 is 0 Å². The van der Waals surface area contributed by atoms with Crippen LogP contribution in [-0.2, 0) is 14.3 Å². The highest BCUT2D eigenvalue weighted by Gasteiger charge is 2.08. The summed E-state index contributed by atoms with van der Waals surface area (Å²) in [6.45, 7) is -0.0778. The lowest BCUT2D eigenvalue weighted by atomic mass is 10.3. The number of esters is 1. The second kappa shape index (κ2) is 10.0. The van der Waals surface area contributed by atoms with Crippen molar-refractivity contribution in [2.45, 2.75) is 12.8 Å². The summed E-state index contributed by atoms with van der Waals surface area (Å²) in [5, 5.41) is 2.45. The topological polar surface area (TPSA) is 73.9 Å². The number of hydrogen-bond acceptors (Lipinski definition) is 5. The van der Waals surface area contributed by atoms with Crippen LogP contribution in [0.5, 0.6) is 11.5 Å². The van der Waals surface area contributed by atoms with Crippen molar-refractivity contribution in [1.29, 1.82) is 0 Å². The van der Waals surface area contributed by atoms with Crippen LogP contribution in [0.25, 0.3) is 0 Å². The molecule has 1 N–H and O–H groups in total. The van der Waals surface area contributed by atoms with Gasteiger partial charge in [0, 0.05) is 12.1 Å². The van der Waals surface area contributed by atoms with Crippen LogP contribution in [0.1, 0.15) is 12.8 Å². The summed E-state index contributed by atoms with van der Waals surface area (Å²) in [6, 6.07) is 12.6. The van der Waals surface area contributed by atoms with Gasteiger partial charge in [-0.15, -0.1) is 0 Å². The number of methoxy groups -OCH3 is 1. The quantitative estimate of drug-likeness (QED) is 0.549. The Bertz CT molecular complexity index is 733. The molecular weight excluding hydrogens is 341 g/mol. The SMILES string of the molecule is COc1ccc(OCCCC(=O)OCC(=O)Nc2cccc(F)c2)cc1. The van der Waals surface area contributed by atoms with Crippen molar-refractivity contribution in [1.82, 2.24) is 0 Å². The first-order valence-corrected chi connectivity index (χ1v) is 8.05. The Balaban J connectivity index is 1.60. The third kappa shape index (κ3) is 6.80. The molecule has 2 aromatic carbocycles. The maximum Gasteiger partial charge on any atom is 0.306 e. The zero-order valence-electron chi connectivity index (χ0n) is 14.4. The van der Waals surface area contributed by atoms with Crippen molar-refractivity contribution < 1.29 is 28.2 Å². The van der Waals surface area contributed by atoms with Gasteiger partial charge in [-0.2, -0.15) is 0 Å². The summed E-state index contributed by atoms with van der Waals surface area (Å²) in [5.74, 6) is -0.0844. The number of benzene rings is 2. The van der Waals surface area contributed by atoms with Crippen LogP contribution < -0.4 is 14.8 Å². The Kier molecular flexibility index (Phi) is 7.42. The first kappa shape index (κ1) is 19.2. The molecule has 0 saturated heterocycles. The van der Waals surface area contributed by atoms with E-state index in [-0.39, 0.29) is 6.42 Å². The van der Waals surface area contributed by atoms with Gasteiger partial charge in [0.25, 0.3) is 5.91 Å². The van der Waals surface area contributed by atoms with Crippen LogP contribution in [0, 0.1) is 5.82 Å². The van der Waals surface area contributed by atoms with E-state index < -0.39 is 24.3 Å². The minimum atomic E-state index is -0.529. The average molecular weight is 361 g/mol. The van der Waals surface area contributed by atoms with Crippen LogP contribution in [0.4, 0.5) is 10.1 Å². The fourth-order valence-corrected chi connectivity index (χ4v) is 2.06. The van der Waals surface area contributed by atoms with Crippen LogP contribution in [-0.4, -0.2) is 32.2 Å². The van der Waals surface area contributed by atoms with E-state index in [0.717, 1.165) is 5.75 Å². The average Bonchev–Trinajstić information content (AvgIpc) is 2.64. The molecule has 0 saturated carbocycles. The van der Waals surface area contributed by atoms with E-state index in [4.69, 9.17) is 14.2 Å². The molecule has 1 amide bonds. The number of carbonyl (C=O) groups excluding carboxylic acids is 2. The number of anilines is 1. The fourth-order valence-electron chi connectivity index (χ4n) is 2.06. The van der Waals surface area contributed by atoms with Crippen molar-refractivity contribution >= 4 is 17.6 Å². The van der Waals surface area contributed by atoms with Crippen molar-refractivity contribution in [3.63, 3.8) is 0 Å². The van der Waals surface area contributed by atoms with Crippen LogP contribution in [0.3, 0.4) is 0 Å². The molecule has 7 heteroatoms. The van der Waals surface area contributed by atoms with Gasteiger partial charge in [-0.05, 0) is 48.9 Å². The third-order valence-corrected chi connectivity index (χ3v) is 3.33. The molecule has 0 heterocycles. The van der Waals surface area contributed by atoms with Gasteiger partial charge in [0.2, 0.25) is 0 Å². The minimum absolute atomic E-state index is 0.128. The first-order valence-electron chi connectivity index (χ1n) is 8.05. The maximum atomic E-state index is 13.0. The summed E-state index contributed by atoms with van der Waals surface area (Å²) in [7, 11) is 1.58. The highest BCUT2D eigenvalue weighted by atomic mass is 19.1. The van der Waals surface area contributed by atoms with E-state index in [0.29, 0.717) is 24.5 Å². The normalized spacial score (nSPS) is 10.1. The van der Waals surface area contributed by atoms with Crippen molar-refractivity contribution in [3.05, 3.63) is 54.3 Å². The Morgan fingerprint density at radius 3 is 2.50 bits per heavy atom. The largest absolute Gasteiger partial charge is 0.497 e. The Morgan fingerprint density at radius 1 is 1.08 bits per heavy atom. The highest BCUT2D eigenvalue weighted by Crippen LogP contribution is 2.17. The van der Waals surface area contributed by atoms with Gasteiger partial charge in [-0.25, -0.2) is 4.39 Å². The smallest absolute Gasteiger partial charge is 0.306 e. The summed E-state index contributed by atoms with van der Waals surface area (Å²) >= 11 is 0. The number of carbonyl (C=O) groups is 2. The summed E-state index contributed by atoms with van der Waals surface area (Å²) < 4.78 is 28.4. The molecule has 0 aromatic heterocycles. The minimum Gasteiger partial charge on any atom is -0.497 e. The molecule has 0 fully saturated rings. The monoisotopic (exact) mass is 361 g/mol. The van der Waals surface area contributed by atoms with Gasteiger partial charge in [-0.1, -0.05) is 6.07 Å². The lowest BCUT2D eigenvalue weighted by Gasteiger charge is -2.08. The van der Waals surface area contributed by atoms with Gasteiger partial charge in [-0.3, -0.25) is 9.59 Å². The first-order chi connectivity index (χ1) is 12.6. The van der Waals surface area contributed by atoms with E-state index in [2.05, 4.69) is 5.32 Å². The van der Waals surface area contributed by atoms with Gasteiger partial charge in [0.05, 0.1) is 13.7 Å². The van der Waals surface area contributed by atoms with E-state index in [1.807, 2.05) is 0 Å². The van der Waals surface area contributed by atoms with Crippen molar-refractivity contribution in [2.24, 2.45) is 0 Å². The number of rotatable bonds is 9. The predicted molar refractivity (Wildman–Crippen MR) is 93.7 cm³/mol. The number of hydrogen-bond donors (Lipinski definition) is 1. The molecule has 0 atom stereocenters. The summed E-state index contributed by atoms with van der Waals surface area (Å²) in [5.41, 5.74) is 0.305. The molecule has 0 unspecified atom stereocenters. The third-order valence-electron chi connectivity index (χ3n) is 3.33. The summed E-state index contributed by atoms with van der Waals surface area (Å²) in [4.78, 5) is 23.3. The Labute approximate surface area is 150 Å². The van der Waals surface area contributed by atoms with Crippen LogP contribution in [0.2, 0.25) is 0 Å². The van der Waals surface area contributed by atoms with Gasteiger partial charge < -0.3 is 19.5 Å². The number of ether oxygens (including phenoxy) is 3. The molecule has 26 heavy (non-hydrogen) atoms. The molecule has 0 aliphatic heterocycles. The van der Waals surface area contributed by atoms with Gasteiger partial charge in [0.1, 0.15) is 17.3 Å². The Morgan fingerprint density at radius 2 is 1.81 bits per heavy atom. The molecular formula is C19H20FNO5. The Hall–Kier alpha value is -3.09. The second-order valence-electron chi connectivity index (χ2n) is 5.35. The summed E-state index contributed by atoms with van der Waals surface area (Å²) in [6.07, 6.45) is 0.583. The molecule has 138 valence electrons. The molecule has 0 radical (unpaired) electrons. The number of halogens is 1. The fraction of sp³-hybridized carbons (Fsp3) is 0.263. The standard InChI is InChI=1S/C19H20FNO5/c1-24-16-7-9-17(10-8-16)25-11-3-6-19(23)26-13-18(22)21-15-5-2-4-14(20)12-15/h2,4-5,7-10,12H,3,6,11,13H2,1H3,(H,21,22). The molecule has 0 bridgehead atoms. The van der Waals surface area contributed by atoms with E-state index >= 15 is 0 Å². The number of amides is 1. The molecule has 6 nitrogen and oxygen atoms in total. The predicted octanol–water partition coefficient (Wildman–Crippen LogP) is 3.18. The van der Waals surface area contributed by atoms with Crippen molar-refractivity contribution in [3.8, 4) is 11.5 Å². The molecule has 2 rings (SSSR count). The molecule has 2 aromatic rings. The lowest BCUT2D eigenvalue weighted by molar-refractivity contribution is -0.147. The van der Waals surface area contributed by atoms with Gasteiger partial charge >= 0.3 is 5.97 Å². The zero-order chi connectivity index (χ0) is 18.8. The van der Waals surface area contributed by atoms with Gasteiger partial charge in [0.15, 0.2) is 6.61 Å². The van der Waals surface area contributed by atoms with E-state index in [1.54, 1.807) is 37.4 Å². The van der Waals surface area contributed by atoms with Crippen LogP contribution in [0.15, 0.2) is 48.5 Å². The highest BCUT2D eigenvalue weighted by molar-refractivity contribution is 5.92. The number of nitrogens with one attached hydrogen (secondary N) is 1. The molecule has 0 aliphatic rings. The van der Waals surface area contributed by atoms with E-state index in [1.165, 1.54) is 18.2 Å². The van der Waals surface area contributed by atoms with Crippen molar-refractivity contribution in [2.75, 3.05) is 25.6 Å². The zero-order valence-corrected chi connectivity index (χ0v) is 14.4. The van der Waals surface area contributed by atoms with E-state index in [9.17, 15) is 14.0 Å². The second-order valence-corrected chi connectivity index (χ2v) is 5.35. The lowest BCUT2D eigenvalue weighted by Crippen LogP contribution is -2.21.